The number of nitrogens with zero attached hydrogens (tertiary/aromatic N) is 2. The fraction of sp³-hybridized carbons (Fsp3) is 0.312. The molecule has 0 amide bonds. The van der Waals surface area contributed by atoms with E-state index in [4.69, 9.17) is 23.2 Å². The first-order chi connectivity index (χ1) is 9.63. The Bertz CT molecular complexity index is 584. The van der Waals surface area contributed by atoms with Crippen LogP contribution in [0, 0.1) is 6.92 Å². The minimum atomic E-state index is 0.435. The Morgan fingerprint density at radius 1 is 1.20 bits per heavy atom. The van der Waals surface area contributed by atoms with E-state index in [-0.39, 0.29) is 0 Å². The van der Waals surface area contributed by atoms with Gasteiger partial charge >= 0.3 is 0 Å². The van der Waals surface area contributed by atoms with Crippen LogP contribution in [0.5, 0.6) is 0 Å². The molecule has 1 heterocycles. The number of benzene rings is 1. The predicted octanol–water partition coefficient (Wildman–Crippen LogP) is 4.81. The highest BCUT2D eigenvalue weighted by atomic mass is 35.5. The molecule has 2 rings (SSSR count). The Balaban J connectivity index is 2.22. The quantitative estimate of drug-likeness (QED) is 0.737. The third kappa shape index (κ3) is 3.65. The molecule has 4 heteroatoms. The van der Waals surface area contributed by atoms with E-state index in [1.54, 1.807) is 0 Å². The Morgan fingerprint density at radius 3 is 2.60 bits per heavy atom. The van der Waals surface area contributed by atoms with Crippen LogP contribution in [0.3, 0.4) is 0 Å². The lowest BCUT2D eigenvalue weighted by molar-refractivity contribution is 0.805. The summed E-state index contributed by atoms with van der Waals surface area (Å²) < 4.78 is 0. The zero-order valence-electron chi connectivity index (χ0n) is 11.7. The summed E-state index contributed by atoms with van der Waals surface area (Å²) in [7, 11) is 0. The van der Waals surface area contributed by atoms with Gasteiger partial charge in [-0.25, -0.2) is 0 Å². The molecule has 0 aliphatic heterocycles. The topological polar surface area (TPSA) is 16.1 Å². The molecule has 2 aromatic rings. The zero-order valence-corrected chi connectivity index (χ0v) is 13.2. The molecule has 0 unspecified atom stereocenters. The van der Waals surface area contributed by atoms with Crippen molar-refractivity contribution in [1.29, 1.82) is 0 Å². The normalized spacial score (nSPS) is 10.6. The van der Waals surface area contributed by atoms with Crippen molar-refractivity contribution >= 4 is 28.9 Å². The highest BCUT2D eigenvalue weighted by Gasteiger charge is 2.09. The minimum absolute atomic E-state index is 0.435. The predicted molar refractivity (Wildman–Crippen MR) is 86.7 cm³/mol. The number of alkyl halides is 1. The highest BCUT2D eigenvalue weighted by molar-refractivity contribution is 6.32. The van der Waals surface area contributed by atoms with E-state index in [9.17, 15) is 0 Å². The Kier molecular flexibility index (Phi) is 5.27. The molecule has 1 aromatic heterocycles. The molecule has 0 N–H and O–H groups in total. The van der Waals surface area contributed by atoms with Crippen molar-refractivity contribution < 1.29 is 0 Å². The maximum absolute atomic E-state index is 6.23. The first-order valence-corrected chi connectivity index (χ1v) is 7.57. The van der Waals surface area contributed by atoms with Crippen molar-refractivity contribution in [3.8, 4) is 0 Å². The van der Waals surface area contributed by atoms with Gasteiger partial charge in [-0.2, -0.15) is 0 Å². The number of pyridine rings is 1. The van der Waals surface area contributed by atoms with Gasteiger partial charge in [0.05, 0.1) is 12.2 Å². The average molecular weight is 309 g/mol. The van der Waals surface area contributed by atoms with E-state index in [1.165, 1.54) is 0 Å². The van der Waals surface area contributed by atoms with Crippen LogP contribution in [-0.4, -0.2) is 11.5 Å². The van der Waals surface area contributed by atoms with Crippen LogP contribution in [0.1, 0.15) is 23.9 Å². The molecular weight excluding hydrogens is 291 g/mol. The van der Waals surface area contributed by atoms with Gasteiger partial charge in [0.1, 0.15) is 0 Å². The number of aromatic nitrogens is 1. The van der Waals surface area contributed by atoms with Crippen LogP contribution in [0.25, 0.3) is 0 Å². The molecule has 2 nitrogen and oxygen atoms in total. The van der Waals surface area contributed by atoms with Crippen molar-refractivity contribution in [3.05, 3.63) is 58.4 Å². The second-order valence-electron chi connectivity index (χ2n) is 4.69. The lowest BCUT2D eigenvalue weighted by atomic mass is 10.2. The maximum atomic E-state index is 6.23. The largest absolute Gasteiger partial charge is 0.366 e. The van der Waals surface area contributed by atoms with Crippen LogP contribution < -0.4 is 4.90 Å². The van der Waals surface area contributed by atoms with Gasteiger partial charge in [-0.05, 0) is 43.7 Å². The molecule has 0 saturated carbocycles. The first kappa shape index (κ1) is 15.1. The second kappa shape index (κ2) is 6.96. The van der Waals surface area contributed by atoms with Gasteiger partial charge in [-0.15, -0.1) is 11.6 Å². The number of hydrogen-bond donors (Lipinski definition) is 0. The van der Waals surface area contributed by atoms with Gasteiger partial charge < -0.3 is 4.90 Å². The molecule has 0 aliphatic rings. The van der Waals surface area contributed by atoms with E-state index >= 15 is 0 Å². The van der Waals surface area contributed by atoms with Crippen molar-refractivity contribution in [3.63, 3.8) is 0 Å². The average Bonchev–Trinajstić information content (AvgIpc) is 2.44. The molecule has 1 aromatic carbocycles. The minimum Gasteiger partial charge on any atom is -0.366 e. The molecule has 0 saturated heterocycles. The third-order valence-electron chi connectivity index (χ3n) is 3.23. The van der Waals surface area contributed by atoms with E-state index in [1.807, 2.05) is 37.3 Å². The van der Waals surface area contributed by atoms with Gasteiger partial charge in [0.2, 0.25) is 0 Å². The molecule has 0 radical (unpaired) electrons. The summed E-state index contributed by atoms with van der Waals surface area (Å²) in [6.07, 6.45) is 0. The number of anilines is 1. The Morgan fingerprint density at radius 2 is 2.00 bits per heavy atom. The number of aryl methyl sites for hydroxylation is 1. The molecule has 0 spiro atoms. The molecule has 20 heavy (non-hydrogen) atoms. The van der Waals surface area contributed by atoms with Gasteiger partial charge in [-0.1, -0.05) is 23.7 Å². The lowest BCUT2D eigenvalue weighted by Gasteiger charge is -2.23. The monoisotopic (exact) mass is 308 g/mol. The standard InChI is InChI=1S/C16H18Cl2N2/c1-3-20(11-14-6-4-5-12(2)19-14)15-8-7-13(10-17)16(18)9-15/h4-9H,3,10-11H2,1-2H3. The van der Waals surface area contributed by atoms with Crippen LogP contribution in [0.4, 0.5) is 5.69 Å². The van der Waals surface area contributed by atoms with Gasteiger partial charge in [0, 0.05) is 28.8 Å². The van der Waals surface area contributed by atoms with E-state index in [0.717, 1.165) is 35.7 Å². The Hall–Kier alpha value is -1.25. The van der Waals surface area contributed by atoms with E-state index < -0.39 is 0 Å². The number of rotatable bonds is 5. The Labute approximate surface area is 130 Å². The molecule has 0 atom stereocenters. The summed E-state index contributed by atoms with van der Waals surface area (Å²) in [4.78, 5) is 6.79. The summed E-state index contributed by atoms with van der Waals surface area (Å²) in [5, 5.41) is 0.716. The van der Waals surface area contributed by atoms with Crippen LogP contribution in [-0.2, 0) is 12.4 Å². The highest BCUT2D eigenvalue weighted by Crippen LogP contribution is 2.25. The zero-order chi connectivity index (χ0) is 14.5. The number of hydrogen-bond acceptors (Lipinski definition) is 2. The lowest BCUT2D eigenvalue weighted by Crippen LogP contribution is -2.22. The first-order valence-electron chi connectivity index (χ1n) is 6.66. The van der Waals surface area contributed by atoms with Gasteiger partial charge in [-0.3, -0.25) is 4.98 Å². The van der Waals surface area contributed by atoms with E-state index in [2.05, 4.69) is 22.9 Å². The molecule has 106 valence electrons. The molecule has 0 bridgehead atoms. The second-order valence-corrected chi connectivity index (χ2v) is 5.37. The fourth-order valence-corrected chi connectivity index (χ4v) is 2.65. The van der Waals surface area contributed by atoms with Crippen LogP contribution in [0.2, 0.25) is 5.02 Å². The number of halogens is 2. The smallest absolute Gasteiger partial charge is 0.0602 e. The van der Waals surface area contributed by atoms with Crippen molar-refractivity contribution in [2.45, 2.75) is 26.3 Å². The summed E-state index contributed by atoms with van der Waals surface area (Å²) in [5.41, 5.74) is 4.15. The SMILES string of the molecule is CCN(Cc1cccc(C)n1)c1ccc(CCl)c(Cl)c1. The van der Waals surface area contributed by atoms with Crippen molar-refractivity contribution in [2.24, 2.45) is 0 Å². The van der Waals surface area contributed by atoms with Gasteiger partial charge in [0.25, 0.3) is 0 Å². The van der Waals surface area contributed by atoms with Crippen molar-refractivity contribution in [2.75, 3.05) is 11.4 Å². The fourth-order valence-electron chi connectivity index (χ4n) is 2.11. The van der Waals surface area contributed by atoms with Crippen LogP contribution >= 0.6 is 23.2 Å². The summed E-state index contributed by atoms with van der Waals surface area (Å²) >= 11 is 12.1. The van der Waals surface area contributed by atoms with Crippen LogP contribution in [0.15, 0.2) is 36.4 Å². The third-order valence-corrected chi connectivity index (χ3v) is 3.87. The van der Waals surface area contributed by atoms with Gasteiger partial charge in [0.15, 0.2) is 0 Å². The molecule has 0 aliphatic carbocycles. The summed E-state index contributed by atoms with van der Waals surface area (Å²) in [6, 6.07) is 12.1. The summed E-state index contributed by atoms with van der Waals surface area (Å²) in [6.45, 7) is 5.80. The summed E-state index contributed by atoms with van der Waals surface area (Å²) in [5.74, 6) is 0.435. The van der Waals surface area contributed by atoms with E-state index in [0.29, 0.717) is 10.9 Å². The van der Waals surface area contributed by atoms with Crippen molar-refractivity contribution in [1.82, 2.24) is 4.98 Å². The molecule has 0 fully saturated rings. The molecular formula is C16H18Cl2N2. The maximum Gasteiger partial charge on any atom is 0.0602 e.